The van der Waals surface area contributed by atoms with Crippen LogP contribution in [0.4, 0.5) is 0 Å². The zero-order valence-electron chi connectivity index (χ0n) is 11.4. The van der Waals surface area contributed by atoms with E-state index in [9.17, 15) is 0 Å². The Kier molecular flexibility index (Phi) is 4.53. The van der Waals surface area contributed by atoms with Crippen LogP contribution >= 0.6 is 11.8 Å². The highest BCUT2D eigenvalue weighted by molar-refractivity contribution is 8.00. The van der Waals surface area contributed by atoms with Crippen LogP contribution in [0.1, 0.15) is 32.3 Å². The minimum absolute atomic E-state index is 0.0269. The fourth-order valence-corrected chi connectivity index (χ4v) is 2.57. The van der Waals surface area contributed by atoms with Crippen molar-refractivity contribution in [2.45, 2.75) is 42.9 Å². The van der Waals surface area contributed by atoms with Crippen LogP contribution in [0.3, 0.4) is 0 Å². The molecule has 1 aromatic rings. The summed E-state index contributed by atoms with van der Waals surface area (Å²) in [5.74, 6) is 0. The maximum absolute atomic E-state index is 5.77. The molecule has 0 atom stereocenters. The molecule has 1 fully saturated rings. The summed E-state index contributed by atoms with van der Waals surface area (Å²) in [6, 6.07) is 8.24. The molecular formula is C15H20N2OS. The molecule has 2 rings (SSSR count). The molecular weight excluding hydrogens is 256 g/mol. The normalized spacial score (nSPS) is 15.6. The third-order valence-electron chi connectivity index (χ3n) is 2.61. The molecule has 0 unspecified atom stereocenters. The lowest BCUT2D eigenvalue weighted by Gasteiger charge is -2.09. The Morgan fingerprint density at radius 2 is 2.00 bits per heavy atom. The average molecular weight is 276 g/mol. The van der Waals surface area contributed by atoms with E-state index < -0.39 is 0 Å². The zero-order valence-corrected chi connectivity index (χ0v) is 12.2. The molecule has 1 aliphatic carbocycles. The van der Waals surface area contributed by atoms with Crippen molar-refractivity contribution >= 4 is 17.5 Å². The number of allylic oxidation sites excluding steroid dienone is 1. The van der Waals surface area contributed by atoms with Crippen molar-refractivity contribution in [2.75, 3.05) is 0 Å². The van der Waals surface area contributed by atoms with Crippen LogP contribution in [0.2, 0.25) is 0 Å². The van der Waals surface area contributed by atoms with E-state index in [0.717, 1.165) is 10.8 Å². The van der Waals surface area contributed by atoms with Gasteiger partial charge in [0.25, 0.3) is 0 Å². The van der Waals surface area contributed by atoms with Crippen LogP contribution in [0.5, 0.6) is 0 Å². The first-order chi connectivity index (χ1) is 9.06. The first-order valence-electron chi connectivity index (χ1n) is 6.52. The van der Waals surface area contributed by atoms with Crippen molar-refractivity contribution in [3.63, 3.8) is 0 Å². The average Bonchev–Trinajstić information content (AvgIpc) is 3.14. The molecule has 0 spiro atoms. The molecule has 0 heterocycles. The minimum Gasteiger partial charge on any atom is -0.397 e. The van der Waals surface area contributed by atoms with E-state index in [1.807, 2.05) is 37.7 Å². The summed E-state index contributed by atoms with van der Waals surface area (Å²) in [5.41, 5.74) is 7.74. The van der Waals surface area contributed by atoms with Gasteiger partial charge in [-0.1, -0.05) is 23.9 Å². The fourth-order valence-electron chi connectivity index (χ4n) is 1.52. The van der Waals surface area contributed by atoms with Gasteiger partial charge in [0.2, 0.25) is 0 Å². The summed E-state index contributed by atoms with van der Waals surface area (Å²) < 4.78 is 0. The highest BCUT2D eigenvalue weighted by Crippen LogP contribution is 2.39. The Morgan fingerprint density at radius 1 is 1.37 bits per heavy atom. The number of hydrogen-bond acceptors (Lipinski definition) is 4. The third-order valence-corrected chi connectivity index (χ3v) is 3.96. The Hall–Kier alpha value is -1.42. The van der Waals surface area contributed by atoms with Crippen LogP contribution in [0, 0.1) is 0 Å². The van der Waals surface area contributed by atoms with Gasteiger partial charge in [-0.3, -0.25) is 0 Å². The van der Waals surface area contributed by atoms with Gasteiger partial charge in [0, 0.05) is 15.7 Å². The molecule has 0 amide bonds. The van der Waals surface area contributed by atoms with E-state index in [-0.39, 0.29) is 6.10 Å². The molecule has 4 heteroatoms. The first-order valence-corrected chi connectivity index (χ1v) is 7.40. The maximum Gasteiger partial charge on any atom is 0.132 e. The van der Waals surface area contributed by atoms with Crippen LogP contribution in [-0.2, 0) is 4.84 Å². The third kappa shape index (κ3) is 4.31. The topological polar surface area (TPSA) is 47.6 Å². The number of nitrogens with zero attached hydrogens (tertiary/aromatic N) is 1. The van der Waals surface area contributed by atoms with Crippen LogP contribution in [0.15, 0.2) is 46.6 Å². The smallest absolute Gasteiger partial charge is 0.132 e. The first kappa shape index (κ1) is 14.0. The van der Waals surface area contributed by atoms with Gasteiger partial charge in [-0.05, 0) is 38.8 Å². The summed E-state index contributed by atoms with van der Waals surface area (Å²) in [6.45, 7) is 7.61. The number of oxime groups is 1. The van der Waals surface area contributed by atoms with Gasteiger partial charge in [-0.25, -0.2) is 0 Å². The molecule has 0 bridgehead atoms. The highest BCUT2D eigenvalue weighted by Gasteiger charge is 2.22. The van der Waals surface area contributed by atoms with Gasteiger partial charge in [0.15, 0.2) is 0 Å². The Labute approximate surface area is 118 Å². The predicted molar refractivity (Wildman–Crippen MR) is 81.4 cm³/mol. The Bertz CT molecular complexity index is 475. The van der Waals surface area contributed by atoms with Crippen molar-refractivity contribution < 1.29 is 4.84 Å². The van der Waals surface area contributed by atoms with Crippen molar-refractivity contribution in [2.24, 2.45) is 10.9 Å². The number of nitrogens with two attached hydrogens (primary N) is 1. The van der Waals surface area contributed by atoms with Crippen LogP contribution in [-0.4, -0.2) is 17.1 Å². The fraction of sp³-hybridized carbons (Fsp3) is 0.400. The summed E-state index contributed by atoms with van der Waals surface area (Å²) >= 11 is 1.93. The van der Waals surface area contributed by atoms with Gasteiger partial charge in [-0.15, -0.1) is 11.8 Å². The lowest BCUT2D eigenvalue weighted by Crippen LogP contribution is -2.13. The summed E-state index contributed by atoms with van der Waals surface area (Å²) in [4.78, 5) is 6.56. The van der Waals surface area contributed by atoms with E-state index >= 15 is 0 Å². The largest absolute Gasteiger partial charge is 0.397 e. The number of thioether (sulfide) groups is 1. The Balaban J connectivity index is 2.12. The van der Waals surface area contributed by atoms with Crippen molar-refractivity contribution in [1.29, 1.82) is 0 Å². The van der Waals surface area contributed by atoms with E-state index in [1.165, 1.54) is 17.7 Å². The van der Waals surface area contributed by atoms with Crippen molar-refractivity contribution in [3.05, 3.63) is 42.1 Å². The van der Waals surface area contributed by atoms with Gasteiger partial charge >= 0.3 is 0 Å². The van der Waals surface area contributed by atoms with Gasteiger partial charge in [0.05, 0.1) is 5.70 Å². The molecule has 1 aromatic carbocycles. The van der Waals surface area contributed by atoms with E-state index in [2.05, 4.69) is 23.9 Å². The molecule has 2 N–H and O–H groups in total. The van der Waals surface area contributed by atoms with Gasteiger partial charge < -0.3 is 10.6 Å². The minimum atomic E-state index is 0.0269. The highest BCUT2D eigenvalue weighted by atomic mass is 32.2. The lowest BCUT2D eigenvalue weighted by molar-refractivity contribution is 0.0862. The quantitative estimate of drug-likeness (QED) is 0.638. The van der Waals surface area contributed by atoms with E-state index in [1.54, 1.807) is 0 Å². The van der Waals surface area contributed by atoms with Crippen LogP contribution in [0.25, 0.3) is 0 Å². The standard InChI is InChI=1S/C15H20N2OS/c1-10(2)18-17-15(11(3)16)12-4-6-13(7-5-12)19-14-8-9-14/h4-7,10,14H,3,8-9,16H2,1-2H3/b17-15+. The molecule has 19 heavy (non-hydrogen) atoms. The van der Waals surface area contributed by atoms with E-state index in [4.69, 9.17) is 10.6 Å². The van der Waals surface area contributed by atoms with Crippen molar-refractivity contribution in [1.82, 2.24) is 0 Å². The number of rotatable bonds is 6. The molecule has 0 saturated heterocycles. The van der Waals surface area contributed by atoms with Gasteiger partial charge in [0.1, 0.15) is 11.8 Å². The molecule has 102 valence electrons. The molecule has 1 saturated carbocycles. The second kappa shape index (κ2) is 6.15. The monoisotopic (exact) mass is 276 g/mol. The second-order valence-corrected chi connectivity index (χ2v) is 6.33. The molecule has 0 aromatic heterocycles. The number of benzene rings is 1. The number of hydrogen-bond donors (Lipinski definition) is 1. The summed E-state index contributed by atoms with van der Waals surface area (Å²) in [6.07, 6.45) is 2.70. The molecule has 0 aliphatic heterocycles. The van der Waals surface area contributed by atoms with Gasteiger partial charge in [-0.2, -0.15) is 0 Å². The summed E-state index contributed by atoms with van der Waals surface area (Å²) in [7, 11) is 0. The zero-order chi connectivity index (χ0) is 13.8. The summed E-state index contributed by atoms with van der Waals surface area (Å²) in [5, 5.41) is 4.89. The SMILES string of the molecule is C=C(N)/C(=N\OC(C)C)c1ccc(SC2CC2)cc1. The molecule has 3 nitrogen and oxygen atoms in total. The Morgan fingerprint density at radius 3 is 2.47 bits per heavy atom. The van der Waals surface area contributed by atoms with Crippen molar-refractivity contribution in [3.8, 4) is 0 Å². The molecule has 1 aliphatic rings. The van der Waals surface area contributed by atoms with E-state index in [0.29, 0.717) is 11.4 Å². The predicted octanol–water partition coefficient (Wildman–Crippen LogP) is 3.54. The lowest BCUT2D eigenvalue weighted by atomic mass is 10.1. The maximum atomic E-state index is 5.77. The second-order valence-electron chi connectivity index (χ2n) is 4.96. The van der Waals surface area contributed by atoms with Crippen LogP contribution < -0.4 is 5.73 Å². The molecule has 0 radical (unpaired) electrons.